The topological polar surface area (TPSA) is 45.0 Å². The highest BCUT2D eigenvalue weighted by atomic mass is 16.5. The van der Waals surface area contributed by atoms with E-state index in [2.05, 4.69) is 17.3 Å². The molecule has 1 unspecified atom stereocenters. The fourth-order valence-electron chi connectivity index (χ4n) is 1.54. The van der Waals surface area contributed by atoms with Gasteiger partial charge >= 0.3 is 0 Å². The van der Waals surface area contributed by atoms with Crippen molar-refractivity contribution in [2.75, 3.05) is 7.11 Å². The molecule has 88 valence electrons. The first-order valence-electron chi connectivity index (χ1n) is 5.51. The Hall–Kier alpha value is -1.97. The van der Waals surface area contributed by atoms with E-state index in [-0.39, 0.29) is 6.04 Å². The van der Waals surface area contributed by atoms with Crippen molar-refractivity contribution < 1.29 is 4.74 Å². The molecule has 0 radical (unpaired) electrons. The Labute approximate surface area is 102 Å². The molecule has 0 aromatic heterocycles. The number of rotatable bonds is 5. The van der Waals surface area contributed by atoms with Gasteiger partial charge in [-0.05, 0) is 24.6 Å². The number of hydrogen-bond donors (Lipinski definition) is 1. The smallest absolute Gasteiger partial charge is 0.123 e. The summed E-state index contributed by atoms with van der Waals surface area (Å²) in [5, 5.41) is 12.1. The Balaban J connectivity index is 2.82. The average Bonchev–Trinajstić information content (AvgIpc) is 2.39. The predicted molar refractivity (Wildman–Crippen MR) is 67.5 cm³/mol. The average molecular weight is 228 g/mol. The number of benzene rings is 1. The second-order valence-corrected chi connectivity index (χ2v) is 3.65. The van der Waals surface area contributed by atoms with Crippen LogP contribution in [0.25, 0.3) is 0 Å². The number of terminal acetylenes is 1. The Kier molecular flexibility index (Phi) is 5.07. The Bertz CT molecular complexity index is 454. The number of nitriles is 1. The first-order chi connectivity index (χ1) is 8.24. The second-order valence-electron chi connectivity index (χ2n) is 3.65. The molecule has 0 aliphatic rings. The first-order valence-corrected chi connectivity index (χ1v) is 5.51. The van der Waals surface area contributed by atoms with Crippen molar-refractivity contribution in [1.29, 1.82) is 5.26 Å². The number of hydrogen-bond acceptors (Lipinski definition) is 3. The molecule has 0 saturated heterocycles. The lowest BCUT2D eigenvalue weighted by atomic mass is 10.1. The van der Waals surface area contributed by atoms with Crippen LogP contribution >= 0.6 is 0 Å². The summed E-state index contributed by atoms with van der Waals surface area (Å²) < 4.78 is 5.24. The maximum atomic E-state index is 8.85. The van der Waals surface area contributed by atoms with E-state index in [0.29, 0.717) is 12.1 Å². The van der Waals surface area contributed by atoms with Crippen LogP contribution in [0.5, 0.6) is 5.75 Å². The Morgan fingerprint density at radius 3 is 2.82 bits per heavy atom. The Morgan fingerprint density at radius 1 is 1.53 bits per heavy atom. The van der Waals surface area contributed by atoms with Crippen LogP contribution < -0.4 is 10.1 Å². The van der Waals surface area contributed by atoms with E-state index in [0.717, 1.165) is 17.7 Å². The van der Waals surface area contributed by atoms with E-state index >= 15 is 0 Å². The summed E-state index contributed by atoms with van der Waals surface area (Å²) >= 11 is 0. The summed E-state index contributed by atoms with van der Waals surface area (Å²) in [6, 6.07) is 7.51. The van der Waals surface area contributed by atoms with Crippen molar-refractivity contribution in [3.8, 4) is 24.2 Å². The normalized spacial score (nSPS) is 11.3. The quantitative estimate of drug-likeness (QED) is 0.785. The lowest BCUT2D eigenvalue weighted by Crippen LogP contribution is -2.26. The zero-order chi connectivity index (χ0) is 12.7. The van der Waals surface area contributed by atoms with Gasteiger partial charge in [0.15, 0.2) is 0 Å². The molecule has 0 spiro atoms. The summed E-state index contributed by atoms with van der Waals surface area (Å²) in [7, 11) is 1.61. The van der Waals surface area contributed by atoms with Crippen LogP contribution in [0.2, 0.25) is 0 Å². The monoisotopic (exact) mass is 228 g/mol. The minimum Gasteiger partial charge on any atom is -0.496 e. The third-order valence-electron chi connectivity index (χ3n) is 2.56. The van der Waals surface area contributed by atoms with Gasteiger partial charge in [0.05, 0.1) is 24.8 Å². The van der Waals surface area contributed by atoms with Gasteiger partial charge in [0.2, 0.25) is 0 Å². The lowest BCUT2D eigenvalue weighted by Gasteiger charge is -2.13. The second kappa shape index (κ2) is 6.58. The molecule has 0 aliphatic carbocycles. The molecule has 1 rings (SSSR count). The summed E-state index contributed by atoms with van der Waals surface area (Å²) in [4.78, 5) is 0. The number of nitrogens with zero attached hydrogens (tertiary/aromatic N) is 1. The van der Waals surface area contributed by atoms with E-state index in [1.807, 2.05) is 13.0 Å². The highest BCUT2D eigenvalue weighted by Gasteiger charge is 2.06. The van der Waals surface area contributed by atoms with Gasteiger partial charge in [-0.15, -0.1) is 6.42 Å². The van der Waals surface area contributed by atoms with E-state index in [1.54, 1.807) is 19.2 Å². The van der Waals surface area contributed by atoms with E-state index in [9.17, 15) is 0 Å². The van der Waals surface area contributed by atoms with Gasteiger partial charge in [-0.2, -0.15) is 5.26 Å². The Morgan fingerprint density at radius 2 is 2.29 bits per heavy atom. The van der Waals surface area contributed by atoms with Gasteiger partial charge in [-0.1, -0.05) is 12.8 Å². The van der Waals surface area contributed by atoms with Crippen LogP contribution in [0.3, 0.4) is 0 Å². The van der Waals surface area contributed by atoms with Gasteiger partial charge in [0, 0.05) is 12.1 Å². The molecule has 0 amide bonds. The minimum atomic E-state index is 0.0467. The molecular weight excluding hydrogens is 212 g/mol. The third-order valence-corrected chi connectivity index (χ3v) is 2.56. The standard InChI is InChI=1S/C14H16N2O/c1-4-13(5-2)16-10-12-8-11(9-15)6-7-14(12)17-3/h1,6-8,13,16H,5,10H2,2-3H3. The van der Waals surface area contributed by atoms with Crippen LogP contribution in [0.1, 0.15) is 24.5 Å². The van der Waals surface area contributed by atoms with Crippen molar-refractivity contribution in [3.63, 3.8) is 0 Å². The molecule has 17 heavy (non-hydrogen) atoms. The highest BCUT2D eigenvalue weighted by molar-refractivity contribution is 5.42. The van der Waals surface area contributed by atoms with E-state index in [4.69, 9.17) is 16.4 Å². The van der Waals surface area contributed by atoms with Crippen molar-refractivity contribution in [2.45, 2.75) is 25.9 Å². The lowest BCUT2D eigenvalue weighted by molar-refractivity contribution is 0.406. The molecule has 3 nitrogen and oxygen atoms in total. The molecule has 0 aliphatic heterocycles. The SMILES string of the molecule is C#CC(CC)NCc1cc(C#N)ccc1OC. The van der Waals surface area contributed by atoms with E-state index in [1.165, 1.54) is 0 Å². The molecule has 1 aromatic carbocycles. The molecule has 3 heteroatoms. The maximum Gasteiger partial charge on any atom is 0.123 e. The van der Waals surface area contributed by atoms with Crippen LogP contribution in [0.4, 0.5) is 0 Å². The van der Waals surface area contributed by atoms with Crippen LogP contribution in [-0.4, -0.2) is 13.2 Å². The molecule has 0 saturated carbocycles. The molecule has 1 atom stereocenters. The largest absolute Gasteiger partial charge is 0.496 e. The highest BCUT2D eigenvalue weighted by Crippen LogP contribution is 2.19. The molecule has 1 N–H and O–H groups in total. The van der Waals surface area contributed by atoms with Gasteiger partial charge in [0.1, 0.15) is 5.75 Å². The van der Waals surface area contributed by atoms with Crippen LogP contribution in [0.15, 0.2) is 18.2 Å². The molecule has 0 bridgehead atoms. The fraction of sp³-hybridized carbons (Fsp3) is 0.357. The van der Waals surface area contributed by atoms with Gasteiger partial charge in [-0.3, -0.25) is 5.32 Å². The van der Waals surface area contributed by atoms with Gasteiger partial charge in [0.25, 0.3) is 0 Å². The van der Waals surface area contributed by atoms with Crippen molar-refractivity contribution in [3.05, 3.63) is 29.3 Å². The van der Waals surface area contributed by atoms with Crippen molar-refractivity contribution >= 4 is 0 Å². The van der Waals surface area contributed by atoms with Crippen molar-refractivity contribution in [2.24, 2.45) is 0 Å². The summed E-state index contributed by atoms with van der Waals surface area (Å²) in [5.74, 6) is 3.44. The maximum absolute atomic E-state index is 8.85. The molecular formula is C14H16N2O. The van der Waals surface area contributed by atoms with Crippen LogP contribution in [-0.2, 0) is 6.54 Å². The summed E-state index contributed by atoms with van der Waals surface area (Å²) in [5.41, 5.74) is 1.57. The minimum absolute atomic E-state index is 0.0467. The fourth-order valence-corrected chi connectivity index (χ4v) is 1.54. The number of ether oxygens (including phenoxy) is 1. The summed E-state index contributed by atoms with van der Waals surface area (Å²) in [6.07, 6.45) is 6.25. The van der Waals surface area contributed by atoms with Crippen molar-refractivity contribution in [1.82, 2.24) is 5.32 Å². The number of methoxy groups -OCH3 is 1. The predicted octanol–water partition coefficient (Wildman–Crippen LogP) is 2.07. The third kappa shape index (κ3) is 3.52. The van der Waals surface area contributed by atoms with E-state index < -0.39 is 0 Å². The molecule has 0 fully saturated rings. The molecule has 0 heterocycles. The van der Waals surface area contributed by atoms with Crippen LogP contribution in [0, 0.1) is 23.7 Å². The number of nitrogens with one attached hydrogen (secondary N) is 1. The first kappa shape index (κ1) is 13.1. The zero-order valence-electron chi connectivity index (χ0n) is 10.2. The van der Waals surface area contributed by atoms with Gasteiger partial charge < -0.3 is 4.74 Å². The zero-order valence-corrected chi connectivity index (χ0v) is 10.2. The summed E-state index contributed by atoms with van der Waals surface area (Å²) in [6.45, 7) is 2.63. The van der Waals surface area contributed by atoms with Gasteiger partial charge in [-0.25, -0.2) is 0 Å². The molecule has 1 aromatic rings.